The molecule has 86 valence electrons. The molecule has 0 saturated heterocycles. The van der Waals surface area contributed by atoms with Gasteiger partial charge in [0.15, 0.2) is 0 Å². The molecule has 0 aromatic heterocycles. The van der Waals surface area contributed by atoms with Gasteiger partial charge in [0.2, 0.25) is 0 Å². The quantitative estimate of drug-likeness (QED) is 0.722. The molecule has 2 nitrogen and oxygen atoms in total. The fraction of sp³-hybridized carbons (Fsp3) is 0.429. The SMILES string of the molecule is COc1ccc(O[C@@H]2C=CCCCC2)cc1. The Morgan fingerprint density at radius 1 is 1.06 bits per heavy atom. The van der Waals surface area contributed by atoms with E-state index in [1.165, 1.54) is 19.3 Å². The predicted octanol–water partition coefficient (Wildman–Crippen LogP) is 3.57. The number of rotatable bonds is 3. The number of methoxy groups -OCH3 is 1. The first-order valence-corrected chi connectivity index (χ1v) is 5.86. The van der Waals surface area contributed by atoms with Gasteiger partial charge in [-0.25, -0.2) is 0 Å². The molecule has 2 rings (SSSR count). The summed E-state index contributed by atoms with van der Waals surface area (Å²) in [6.07, 6.45) is 9.45. The van der Waals surface area contributed by atoms with Gasteiger partial charge in [-0.1, -0.05) is 6.08 Å². The monoisotopic (exact) mass is 218 g/mol. The standard InChI is InChI=1S/C14H18O2/c1-15-12-8-10-14(11-9-12)16-13-6-4-2-3-5-7-13/h4,6,8-11,13H,2-3,5,7H2,1H3/t13-/m1/s1. The maximum atomic E-state index is 5.89. The molecule has 0 unspecified atom stereocenters. The molecule has 0 spiro atoms. The second-order valence-electron chi connectivity index (χ2n) is 4.04. The van der Waals surface area contributed by atoms with E-state index in [2.05, 4.69) is 12.2 Å². The molecule has 0 heterocycles. The van der Waals surface area contributed by atoms with Gasteiger partial charge in [-0.3, -0.25) is 0 Å². The maximum absolute atomic E-state index is 5.89. The van der Waals surface area contributed by atoms with E-state index in [-0.39, 0.29) is 6.10 Å². The molecule has 1 aliphatic carbocycles. The summed E-state index contributed by atoms with van der Waals surface area (Å²) in [6.45, 7) is 0. The van der Waals surface area contributed by atoms with E-state index in [1.807, 2.05) is 24.3 Å². The minimum Gasteiger partial charge on any atom is -0.497 e. The third-order valence-electron chi connectivity index (χ3n) is 2.81. The van der Waals surface area contributed by atoms with Crippen molar-refractivity contribution in [3.8, 4) is 11.5 Å². The third kappa shape index (κ3) is 3.02. The Morgan fingerprint density at radius 3 is 2.56 bits per heavy atom. The Labute approximate surface area is 96.9 Å². The molecule has 0 amide bonds. The zero-order chi connectivity index (χ0) is 11.2. The smallest absolute Gasteiger partial charge is 0.120 e. The zero-order valence-electron chi connectivity index (χ0n) is 9.69. The Bertz CT molecular complexity index is 340. The Hall–Kier alpha value is -1.44. The summed E-state index contributed by atoms with van der Waals surface area (Å²) in [7, 11) is 1.67. The second-order valence-corrected chi connectivity index (χ2v) is 4.04. The predicted molar refractivity (Wildman–Crippen MR) is 65.0 cm³/mol. The van der Waals surface area contributed by atoms with Crippen LogP contribution in [-0.2, 0) is 0 Å². The van der Waals surface area contributed by atoms with Gasteiger partial charge in [0.1, 0.15) is 17.6 Å². The summed E-state index contributed by atoms with van der Waals surface area (Å²) in [6, 6.07) is 7.76. The summed E-state index contributed by atoms with van der Waals surface area (Å²) in [5.74, 6) is 1.78. The summed E-state index contributed by atoms with van der Waals surface area (Å²) in [5, 5.41) is 0. The van der Waals surface area contributed by atoms with Crippen molar-refractivity contribution in [3.05, 3.63) is 36.4 Å². The number of ether oxygens (including phenoxy) is 2. The van der Waals surface area contributed by atoms with Gasteiger partial charge in [0, 0.05) is 0 Å². The van der Waals surface area contributed by atoms with E-state index in [1.54, 1.807) is 7.11 Å². The molecule has 0 bridgehead atoms. The molecule has 0 radical (unpaired) electrons. The van der Waals surface area contributed by atoms with Crippen molar-refractivity contribution in [1.29, 1.82) is 0 Å². The van der Waals surface area contributed by atoms with E-state index in [0.29, 0.717) is 0 Å². The van der Waals surface area contributed by atoms with Crippen LogP contribution in [0.2, 0.25) is 0 Å². The lowest BCUT2D eigenvalue weighted by atomic mass is 10.2. The molecule has 0 N–H and O–H groups in total. The van der Waals surface area contributed by atoms with Crippen LogP contribution in [0.5, 0.6) is 11.5 Å². The first-order valence-electron chi connectivity index (χ1n) is 5.86. The Kier molecular flexibility index (Phi) is 3.86. The first kappa shape index (κ1) is 11.1. The minimum absolute atomic E-state index is 0.232. The molecule has 0 fully saturated rings. The van der Waals surface area contributed by atoms with Gasteiger partial charge in [-0.15, -0.1) is 0 Å². The molecule has 2 heteroatoms. The highest BCUT2D eigenvalue weighted by molar-refractivity contribution is 5.31. The highest BCUT2D eigenvalue weighted by Crippen LogP contribution is 2.21. The summed E-state index contributed by atoms with van der Waals surface area (Å²) in [5.41, 5.74) is 0. The van der Waals surface area contributed by atoms with E-state index in [0.717, 1.165) is 17.9 Å². The van der Waals surface area contributed by atoms with Crippen LogP contribution in [0.1, 0.15) is 25.7 Å². The summed E-state index contributed by atoms with van der Waals surface area (Å²) in [4.78, 5) is 0. The largest absolute Gasteiger partial charge is 0.497 e. The lowest BCUT2D eigenvalue weighted by Crippen LogP contribution is -2.12. The second kappa shape index (κ2) is 5.59. The van der Waals surface area contributed by atoms with Crippen molar-refractivity contribution < 1.29 is 9.47 Å². The van der Waals surface area contributed by atoms with Gasteiger partial charge in [0.25, 0.3) is 0 Å². The van der Waals surface area contributed by atoms with Crippen LogP contribution in [0.4, 0.5) is 0 Å². The molecule has 1 aromatic carbocycles. The van der Waals surface area contributed by atoms with Crippen LogP contribution < -0.4 is 9.47 Å². The van der Waals surface area contributed by atoms with E-state index in [4.69, 9.17) is 9.47 Å². The molecular formula is C14H18O2. The third-order valence-corrected chi connectivity index (χ3v) is 2.81. The van der Waals surface area contributed by atoms with Crippen LogP contribution in [-0.4, -0.2) is 13.2 Å². The lowest BCUT2D eigenvalue weighted by molar-refractivity contribution is 0.236. The zero-order valence-corrected chi connectivity index (χ0v) is 9.69. The van der Waals surface area contributed by atoms with Gasteiger partial charge >= 0.3 is 0 Å². The van der Waals surface area contributed by atoms with Crippen LogP contribution in [0.3, 0.4) is 0 Å². The molecule has 16 heavy (non-hydrogen) atoms. The van der Waals surface area contributed by atoms with Crippen LogP contribution >= 0.6 is 0 Å². The topological polar surface area (TPSA) is 18.5 Å². The van der Waals surface area contributed by atoms with E-state index >= 15 is 0 Å². The van der Waals surface area contributed by atoms with Gasteiger partial charge in [0.05, 0.1) is 7.11 Å². The van der Waals surface area contributed by atoms with Crippen LogP contribution in [0.15, 0.2) is 36.4 Å². The fourth-order valence-corrected chi connectivity index (χ4v) is 1.88. The highest BCUT2D eigenvalue weighted by atomic mass is 16.5. The van der Waals surface area contributed by atoms with E-state index < -0.39 is 0 Å². The lowest BCUT2D eigenvalue weighted by Gasteiger charge is -2.14. The van der Waals surface area contributed by atoms with Crippen LogP contribution in [0.25, 0.3) is 0 Å². The Morgan fingerprint density at radius 2 is 1.81 bits per heavy atom. The van der Waals surface area contributed by atoms with Crippen molar-refractivity contribution in [2.75, 3.05) is 7.11 Å². The molecular weight excluding hydrogens is 200 g/mol. The van der Waals surface area contributed by atoms with E-state index in [9.17, 15) is 0 Å². The summed E-state index contributed by atoms with van der Waals surface area (Å²) < 4.78 is 11.0. The molecule has 1 atom stereocenters. The molecule has 1 aliphatic rings. The average Bonchev–Trinajstić information content (AvgIpc) is 2.59. The van der Waals surface area contributed by atoms with Crippen molar-refractivity contribution in [2.45, 2.75) is 31.8 Å². The average molecular weight is 218 g/mol. The first-order chi connectivity index (χ1) is 7.88. The van der Waals surface area contributed by atoms with Gasteiger partial charge < -0.3 is 9.47 Å². The number of benzene rings is 1. The number of hydrogen-bond donors (Lipinski definition) is 0. The fourth-order valence-electron chi connectivity index (χ4n) is 1.88. The number of allylic oxidation sites excluding steroid dienone is 1. The van der Waals surface area contributed by atoms with Gasteiger partial charge in [-0.2, -0.15) is 0 Å². The molecule has 1 aromatic rings. The van der Waals surface area contributed by atoms with Crippen molar-refractivity contribution in [3.63, 3.8) is 0 Å². The highest BCUT2D eigenvalue weighted by Gasteiger charge is 2.08. The molecule has 0 saturated carbocycles. The van der Waals surface area contributed by atoms with Gasteiger partial charge in [-0.05, 0) is 56.0 Å². The van der Waals surface area contributed by atoms with Crippen LogP contribution in [0, 0.1) is 0 Å². The number of hydrogen-bond acceptors (Lipinski definition) is 2. The van der Waals surface area contributed by atoms with Crippen molar-refractivity contribution >= 4 is 0 Å². The van der Waals surface area contributed by atoms with Crippen molar-refractivity contribution in [1.82, 2.24) is 0 Å². The minimum atomic E-state index is 0.232. The normalized spacial score (nSPS) is 20.2. The summed E-state index contributed by atoms with van der Waals surface area (Å²) >= 11 is 0. The Balaban J connectivity index is 1.96. The molecule has 0 aliphatic heterocycles. The van der Waals surface area contributed by atoms with Crippen molar-refractivity contribution in [2.24, 2.45) is 0 Å². The maximum Gasteiger partial charge on any atom is 0.120 e.